The van der Waals surface area contributed by atoms with Gasteiger partial charge in [-0.05, 0) is 41.3 Å². The van der Waals surface area contributed by atoms with Gasteiger partial charge in [-0.3, -0.25) is 14.4 Å². The number of hydrogen-bond donors (Lipinski definition) is 1. The van der Waals surface area contributed by atoms with Crippen LogP contribution in [0.3, 0.4) is 0 Å². The van der Waals surface area contributed by atoms with Crippen LogP contribution in [0.15, 0.2) is 98.1 Å². The average molecular weight is 660 g/mol. The van der Waals surface area contributed by atoms with Gasteiger partial charge in [0, 0.05) is 17.1 Å². The lowest BCUT2D eigenvalue weighted by molar-refractivity contribution is -0.155. The van der Waals surface area contributed by atoms with Crippen molar-refractivity contribution in [2.24, 2.45) is 11.8 Å². The SMILES string of the molecule is C=CCCOC(=O)[C@H]1[C@@H]2OC3(CC2Br)C(C(=O)N(CC=C)c2ccc4ccccc4c2)N([C@H](CO)c2ccccc2)C(=O)[C@H]13. The van der Waals surface area contributed by atoms with Gasteiger partial charge >= 0.3 is 5.97 Å². The molecule has 44 heavy (non-hydrogen) atoms. The number of benzene rings is 3. The highest BCUT2D eigenvalue weighted by Gasteiger charge is 2.77. The minimum absolute atomic E-state index is 0.136. The molecule has 9 heteroatoms. The molecule has 3 aliphatic heterocycles. The van der Waals surface area contributed by atoms with E-state index in [0.29, 0.717) is 24.1 Å². The van der Waals surface area contributed by atoms with Gasteiger partial charge in [0.15, 0.2) is 0 Å². The van der Waals surface area contributed by atoms with Crippen molar-refractivity contribution in [2.75, 3.05) is 24.7 Å². The number of likely N-dealkylation sites (tertiary alicyclic amines) is 1. The van der Waals surface area contributed by atoms with Crippen LogP contribution < -0.4 is 4.90 Å². The number of aliphatic hydroxyl groups excluding tert-OH is 1. The molecule has 3 saturated heterocycles. The van der Waals surface area contributed by atoms with Gasteiger partial charge in [0.05, 0.1) is 37.2 Å². The highest BCUT2D eigenvalue weighted by molar-refractivity contribution is 9.09. The van der Waals surface area contributed by atoms with Crippen LogP contribution >= 0.6 is 15.9 Å². The van der Waals surface area contributed by atoms with Crippen molar-refractivity contribution in [1.82, 2.24) is 4.90 Å². The predicted octanol–water partition coefficient (Wildman–Crippen LogP) is 4.96. The Bertz CT molecular complexity index is 1600. The number of halogens is 1. The number of alkyl halides is 1. The van der Waals surface area contributed by atoms with E-state index in [0.717, 1.165) is 10.8 Å². The first-order valence-corrected chi connectivity index (χ1v) is 15.8. The minimum atomic E-state index is -1.31. The quantitative estimate of drug-likeness (QED) is 0.135. The molecule has 6 rings (SSSR count). The Morgan fingerprint density at radius 3 is 2.52 bits per heavy atom. The summed E-state index contributed by atoms with van der Waals surface area (Å²) in [6.45, 7) is 7.48. The van der Waals surface area contributed by atoms with Gasteiger partial charge in [0.1, 0.15) is 11.6 Å². The lowest BCUT2D eigenvalue weighted by Gasteiger charge is -2.39. The van der Waals surface area contributed by atoms with Crippen LogP contribution in [-0.4, -0.2) is 70.1 Å². The Morgan fingerprint density at radius 2 is 1.82 bits per heavy atom. The molecule has 3 aromatic carbocycles. The van der Waals surface area contributed by atoms with Crippen LogP contribution in [0.4, 0.5) is 5.69 Å². The molecule has 7 atom stereocenters. The van der Waals surface area contributed by atoms with Gasteiger partial charge in [-0.2, -0.15) is 0 Å². The Kier molecular flexibility index (Phi) is 8.46. The third-order valence-electron chi connectivity index (χ3n) is 9.11. The normalized spacial score (nSPS) is 27.6. The standard InChI is InChI=1S/C35H35BrN2O6/c1-3-5-18-43-34(42)28-29-32(40)38(27(21-39)23-12-7-6-8-13-23)31(35(29)20-26(36)30(28)44-35)33(41)37(17-4-2)25-16-15-22-11-9-10-14-24(22)19-25/h3-4,6-16,19,26-31,39H,1-2,5,17-18,20-21H2/t26?,27-,28-,29+,30-,31?,35?/m1/s1. The van der Waals surface area contributed by atoms with Crippen molar-refractivity contribution in [3.63, 3.8) is 0 Å². The summed E-state index contributed by atoms with van der Waals surface area (Å²) in [5, 5.41) is 12.7. The third-order valence-corrected chi connectivity index (χ3v) is 9.96. The highest BCUT2D eigenvalue weighted by atomic mass is 79.9. The zero-order chi connectivity index (χ0) is 31.0. The second-order valence-corrected chi connectivity index (χ2v) is 12.7. The van der Waals surface area contributed by atoms with Crippen molar-refractivity contribution >= 4 is 50.2 Å². The molecule has 8 nitrogen and oxygen atoms in total. The van der Waals surface area contributed by atoms with Gasteiger partial charge in [-0.25, -0.2) is 0 Å². The van der Waals surface area contributed by atoms with Crippen LogP contribution in [-0.2, 0) is 23.9 Å². The van der Waals surface area contributed by atoms with E-state index >= 15 is 0 Å². The zero-order valence-electron chi connectivity index (χ0n) is 24.3. The second kappa shape index (κ2) is 12.3. The Hall–Kier alpha value is -3.79. The molecule has 3 aliphatic rings. The lowest BCUT2D eigenvalue weighted by atomic mass is 9.70. The molecule has 3 unspecified atom stereocenters. The first kappa shape index (κ1) is 30.2. The molecule has 0 aromatic heterocycles. The van der Waals surface area contributed by atoms with Gasteiger partial charge in [0.25, 0.3) is 5.91 Å². The minimum Gasteiger partial charge on any atom is -0.465 e. The van der Waals surface area contributed by atoms with Gasteiger partial charge in [-0.15, -0.1) is 13.2 Å². The average Bonchev–Trinajstić information content (AvgIpc) is 3.64. The Morgan fingerprint density at radius 1 is 1.09 bits per heavy atom. The maximum Gasteiger partial charge on any atom is 0.312 e. The van der Waals surface area contributed by atoms with E-state index in [9.17, 15) is 19.5 Å². The fourth-order valence-corrected chi connectivity index (χ4v) is 8.21. The molecule has 3 aromatic rings. The third kappa shape index (κ3) is 4.87. The summed E-state index contributed by atoms with van der Waals surface area (Å²) in [6, 6.07) is 20.8. The first-order valence-electron chi connectivity index (χ1n) is 14.8. The topological polar surface area (TPSA) is 96.4 Å². The summed E-state index contributed by atoms with van der Waals surface area (Å²) in [5.74, 6) is -3.17. The molecule has 3 heterocycles. The number of carbonyl (C=O) groups excluding carboxylic acids is 3. The number of rotatable bonds is 11. The zero-order valence-corrected chi connectivity index (χ0v) is 25.8. The van der Waals surface area contributed by atoms with E-state index in [2.05, 4.69) is 29.1 Å². The van der Waals surface area contributed by atoms with Gasteiger partial charge in [-0.1, -0.05) is 88.7 Å². The van der Waals surface area contributed by atoms with E-state index in [1.807, 2.05) is 72.8 Å². The fourth-order valence-electron chi connectivity index (χ4n) is 7.26. The molecule has 1 spiro atoms. The van der Waals surface area contributed by atoms with Crippen molar-refractivity contribution in [3.8, 4) is 0 Å². The largest absolute Gasteiger partial charge is 0.465 e. The summed E-state index contributed by atoms with van der Waals surface area (Å²) < 4.78 is 12.2. The van der Waals surface area contributed by atoms with Crippen molar-refractivity contribution in [2.45, 2.75) is 41.5 Å². The van der Waals surface area contributed by atoms with Crippen LogP contribution in [0.5, 0.6) is 0 Å². The number of anilines is 1. The Balaban J connectivity index is 1.47. The van der Waals surface area contributed by atoms with Crippen LogP contribution in [0.25, 0.3) is 10.8 Å². The van der Waals surface area contributed by atoms with Crippen molar-refractivity contribution < 1.29 is 29.0 Å². The molecule has 3 fully saturated rings. The van der Waals surface area contributed by atoms with Crippen LogP contribution in [0, 0.1) is 11.8 Å². The van der Waals surface area contributed by atoms with Crippen molar-refractivity contribution in [1.29, 1.82) is 0 Å². The number of carbonyl (C=O) groups is 3. The number of esters is 1. The van der Waals surface area contributed by atoms with Gasteiger partial charge in [0.2, 0.25) is 5.91 Å². The molecule has 2 amide bonds. The summed E-state index contributed by atoms with van der Waals surface area (Å²) in [5.41, 5.74) is 0.00566. The van der Waals surface area contributed by atoms with E-state index in [1.165, 1.54) is 4.90 Å². The number of ether oxygens (including phenoxy) is 2. The molecular formula is C35H35BrN2O6. The lowest BCUT2D eigenvalue weighted by Crippen LogP contribution is -2.57. The number of fused-ring (bicyclic) bond motifs is 2. The second-order valence-electron chi connectivity index (χ2n) is 11.5. The fraction of sp³-hybridized carbons (Fsp3) is 0.343. The molecule has 0 saturated carbocycles. The molecule has 2 bridgehead atoms. The molecule has 228 valence electrons. The summed E-state index contributed by atoms with van der Waals surface area (Å²) in [4.78, 5) is 45.9. The summed E-state index contributed by atoms with van der Waals surface area (Å²) in [6.07, 6.45) is 3.47. The van der Waals surface area contributed by atoms with Gasteiger partial charge < -0.3 is 24.4 Å². The number of aliphatic hydroxyl groups is 1. The van der Waals surface area contributed by atoms with E-state index in [-0.39, 0.29) is 23.9 Å². The first-order chi connectivity index (χ1) is 21.4. The number of nitrogens with zero attached hydrogens (tertiary/aromatic N) is 2. The summed E-state index contributed by atoms with van der Waals surface area (Å²) >= 11 is 3.70. The highest BCUT2D eigenvalue weighted by Crippen LogP contribution is 2.61. The van der Waals surface area contributed by atoms with E-state index in [4.69, 9.17) is 9.47 Å². The van der Waals surface area contributed by atoms with Crippen LogP contribution in [0.1, 0.15) is 24.4 Å². The molecular weight excluding hydrogens is 624 g/mol. The van der Waals surface area contributed by atoms with Crippen LogP contribution in [0.2, 0.25) is 0 Å². The molecule has 0 radical (unpaired) electrons. The molecule has 1 N–H and O–H groups in total. The smallest absolute Gasteiger partial charge is 0.312 e. The van der Waals surface area contributed by atoms with Crippen molar-refractivity contribution in [3.05, 3.63) is 104 Å². The van der Waals surface area contributed by atoms with E-state index < -0.39 is 54.1 Å². The molecule has 0 aliphatic carbocycles. The number of amides is 2. The number of hydrogen-bond acceptors (Lipinski definition) is 6. The maximum atomic E-state index is 15.0. The van der Waals surface area contributed by atoms with E-state index in [1.54, 1.807) is 17.1 Å². The predicted molar refractivity (Wildman–Crippen MR) is 171 cm³/mol. The Labute approximate surface area is 265 Å². The summed E-state index contributed by atoms with van der Waals surface area (Å²) in [7, 11) is 0. The monoisotopic (exact) mass is 658 g/mol. The maximum absolute atomic E-state index is 15.0.